The molecule has 1 heterocycles. The van der Waals surface area contributed by atoms with Gasteiger partial charge in [0, 0.05) is 36.6 Å². The summed E-state index contributed by atoms with van der Waals surface area (Å²) in [5, 5.41) is 25.3. The highest BCUT2D eigenvalue weighted by Crippen LogP contribution is 2.36. The van der Waals surface area contributed by atoms with Crippen LogP contribution >= 0.6 is 0 Å². The van der Waals surface area contributed by atoms with Crippen molar-refractivity contribution >= 4 is 28.4 Å². The van der Waals surface area contributed by atoms with Crippen LogP contribution < -0.4 is 10.2 Å². The van der Waals surface area contributed by atoms with Gasteiger partial charge in [0.1, 0.15) is 0 Å². The van der Waals surface area contributed by atoms with E-state index in [0.29, 0.717) is 5.69 Å². The van der Waals surface area contributed by atoms with E-state index in [2.05, 4.69) is 10.2 Å². The van der Waals surface area contributed by atoms with Gasteiger partial charge in [-0.25, -0.2) is 0 Å². The summed E-state index contributed by atoms with van der Waals surface area (Å²) in [6.07, 6.45) is 0.252. The van der Waals surface area contributed by atoms with Crippen molar-refractivity contribution in [2.75, 3.05) is 23.3 Å². The predicted octanol–water partition coefficient (Wildman–Crippen LogP) is 3.86. The first kappa shape index (κ1) is 18.6. The van der Waals surface area contributed by atoms with E-state index in [1.54, 1.807) is 12.1 Å². The fourth-order valence-electron chi connectivity index (χ4n) is 3.25. The number of nitro benzene ring substituents is 2. The highest BCUT2D eigenvalue weighted by Gasteiger charge is 2.25. The Bertz CT molecular complexity index is 813. The fraction of sp³-hybridized carbons (Fsp3) is 0.333. The number of hydrogen-bond acceptors (Lipinski definition) is 7. The lowest BCUT2D eigenvalue weighted by Crippen LogP contribution is -2.45. The van der Waals surface area contributed by atoms with Crippen LogP contribution in [0.3, 0.4) is 0 Å². The maximum absolute atomic E-state index is 11.2. The van der Waals surface area contributed by atoms with Crippen molar-refractivity contribution in [3.05, 3.63) is 62.7 Å². The number of benzene rings is 2. The summed E-state index contributed by atoms with van der Waals surface area (Å²) in [5.74, 6) is 0. The molecule has 9 nitrogen and oxygen atoms in total. The molecule has 1 aliphatic rings. The summed E-state index contributed by atoms with van der Waals surface area (Å²) in [5.41, 5.74) is 0.715. The van der Waals surface area contributed by atoms with Crippen LogP contribution in [0.5, 0.6) is 0 Å². The van der Waals surface area contributed by atoms with Crippen LogP contribution in [0.25, 0.3) is 0 Å². The number of ether oxygens (including phenoxy) is 1. The predicted molar refractivity (Wildman–Crippen MR) is 102 cm³/mol. The summed E-state index contributed by atoms with van der Waals surface area (Å²) >= 11 is 0. The van der Waals surface area contributed by atoms with E-state index in [1.807, 2.05) is 26.0 Å². The van der Waals surface area contributed by atoms with Gasteiger partial charge in [-0.3, -0.25) is 20.2 Å². The number of para-hydroxylation sites is 1. The van der Waals surface area contributed by atoms with Gasteiger partial charge in [-0.2, -0.15) is 0 Å². The zero-order valence-corrected chi connectivity index (χ0v) is 15.0. The second-order valence-electron chi connectivity index (χ2n) is 6.52. The minimum absolute atomic E-state index is 0.126. The second-order valence-corrected chi connectivity index (χ2v) is 6.52. The van der Waals surface area contributed by atoms with Crippen molar-refractivity contribution in [2.45, 2.75) is 26.1 Å². The van der Waals surface area contributed by atoms with Crippen LogP contribution in [0, 0.1) is 20.2 Å². The van der Waals surface area contributed by atoms with Gasteiger partial charge in [-0.15, -0.1) is 0 Å². The molecular weight excluding hydrogens is 352 g/mol. The van der Waals surface area contributed by atoms with Crippen LogP contribution in [0.2, 0.25) is 0 Å². The summed E-state index contributed by atoms with van der Waals surface area (Å²) in [4.78, 5) is 23.4. The Morgan fingerprint density at radius 2 is 1.48 bits per heavy atom. The molecule has 1 N–H and O–H groups in total. The van der Waals surface area contributed by atoms with Gasteiger partial charge in [-0.1, -0.05) is 0 Å². The number of rotatable bonds is 5. The monoisotopic (exact) mass is 372 g/mol. The first-order chi connectivity index (χ1) is 12.8. The minimum Gasteiger partial charge on any atom is -0.372 e. The normalized spacial score (nSPS) is 19.6. The number of nitrogens with one attached hydrogen (secondary N) is 1. The van der Waals surface area contributed by atoms with E-state index in [4.69, 9.17) is 4.74 Å². The largest absolute Gasteiger partial charge is 0.372 e. The summed E-state index contributed by atoms with van der Waals surface area (Å²) in [7, 11) is 0. The number of nitro groups is 2. The third kappa shape index (κ3) is 4.14. The molecular formula is C18H20N4O5. The number of anilines is 3. The standard InChI is InChI=1S/C18H20N4O5/c1-12-10-20(11-13(2)27-12)15-8-6-14(7-9-15)19-18-16(21(23)24)4-3-5-17(18)22(25)26/h3-9,12-13,19H,10-11H2,1-2H3/t12-,13-/m1/s1. The topological polar surface area (TPSA) is 111 Å². The molecule has 142 valence electrons. The molecule has 3 rings (SSSR count). The first-order valence-electron chi connectivity index (χ1n) is 8.54. The van der Waals surface area contributed by atoms with Crippen LogP contribution in [0.15, 0.2) is 42.5 Å². The third-order valence-corrected chi connectivity index (χ3v) is 4.34. The quantitative estimate of drug-likeness (QED) is 0.626. The molecule has 0 unspecified atom stereocenters. The van der Waals surface area contributed by atoms with E-state index in [9.17, 15) is 20.2 Å². The molecule has 1 aliphatic heterocycles. The van der Waals surface area contributed by atoms with Gasteiger partial charge < -0.3 is 15.0 Å². The molecule has 0 spiro atoms. The van der Waals surface area contributed by atoms with Crippen molar-refractivity contribution in [2.24, 2.45) is 0 Å². The Labute approximate surface area is 155 Å². The molecule has 0 aliphatic carbocycles. The van der Waals surface area contributed by atoms with Gasteiger partial charge in [0.05, 0.1) is 22.1 Å². The number of morpholine rings is 1. The number of nitrogens with zero attached hydrogens (tertiary/aromatic N) is 3. The highest BCUT2D eigenvalue weighted by molar-refractivity contribution is 5.79. The molecule has 2 aromatic carbocycles. The average Bonchev–Trinajstić information content (AvgIpc) is 2.61. The average molecular weight is 372 g/mol. The molecule has 0 saturated carbocycles. The maximum Gasteiger partial charge on any atom is 0.299 e. The van der Waals surface area contributed by atoms with Crippen LogP contribution in [-0.4, -0.2) is 35.1 Å². The lowest BCUT2D eigenvalue weighted by Gasteiger charge is -2.36. The van der Waals surface area contributed by atoms with Crippen LogP contribution in [-0.2, 0) is 4.74 Å². The van der Waals surface area contributed by atoms with Gasteiger partial charge in [0.15, 0.2) is 5.69 Å². The van der Waals surface area contributed by atoms with Crippen LogP contribution in [0.4, 0.5) is 28.4 Å². The fourth-order valence-corrected chi connectivity index (χ4v) is 3.25. The van der Waals surface area contributed by atoms with E-state index < -0.39 is 9.85 Å². The molecule has 27 heavy (non-hydrogen) atoms. The molecule has 0 radical (unpaired) electrons. The molecule has 0 bridgehead atoms. The zero-order chi connectivity index (χ0) is 19.6. The Morgan fingerprint density at radius 1 is 0.963 bits per heavy atom. The van der Waals surface area contributed by atoms with Crippen molar-refractivity contribution in [3.8, 4) is 0 Å². The lowest BCUT2D eigenvalue weighted by molar-refractivity contribution is -0.392. The van der Waals surface area contributed by atoms with Crippen LogP contribution in [0.1, 0.15) is 13.8 Å². The first-order valence-corrected chi connectivity index (χ1v) is 8.54. The molecule has 0 amide bonds. The van der Waals surface area contributed by atoms with Crippen molar-refractivity contribution in [3.63, 3.8) is 0 Å². The van der Waals surface area contributed by atoms with Gasteiger partial charge in [0.25, 0.3) is 11.4 Å². The van der Waals surface area contributed by atoms with E-state index in [1.165, 1.54) is 18.2 Å². The third-order valence-electron chi connectivity index (χ3n) is 4.34. The van der Waals surface area contributed by atoms with Gasteiger partial charge >= 0.3 is 0 Å². The lowest BCUT2D eigenvalue weighted by atomic mass is 10.1. The zero-order valence-electron chi connectivity index (χ0n) is 15.0. The Kier molecular flexibility index (Phi) is 5.22. The van der Waals surface area contributed by atoms with Gasteiger partial charge in [0.2, 0.25) is 0 Å². The molecule has 2 aromatic rings. The number of hydrogen-bond donors (Lipinski definition) is 1. The smallest absolute Gasteiger partial charge is 0.299 e. The molecule has 2 atom stereocenters. The molecule has 0 aromatic heterocycles. The maximum atomic E-state index is 11.2. The van der Waals surface area contributed by atoms with E-state index in [-0.39, 0.29) is 29.3 Å². The molecule has 1 fully saturated rings. The van der Waals surface area contributed by atoms with Crippen molar-refractivity contribution < 1.29 is 14.6 Å². The SMILES string of the molecule is C[C@@H]1CN(c2ccc(Nc3c([N+](=O)[O-])cccc3[N+](=O)[O-])cc2)C[C@@H](C)O1. The Morgan fingerprint density at radius 3 is 1.96 bits per heavy atom. The summed E-state index contributed by atoms with van der Waals surface area (Å²) in [6.45, 7) is 5.58. The molecule has 1 saturated heterocycles. The molecule has 9 heteroatoms. The van der Waals surface area contributed by atoms with E-state index in [0.717, 1.165) is 18.8 Å². The van der Waals surface area contributed by atoms with Gasteiger partial charge in [-0.05, 0) is 44.2 Å². The Balaban J connectivity index is 1.85. The van der Waals surface area contributed by atoms with Crippen molar-refractivity contribution in [1.29, 1.82) is 0 Å². The second kappa shape index (κ2) is 7.58. The summed E-state index contributed by atoms with van der Waals surface area (Å²) in [6, 6.07) is 11.0. The summed E-state index contributed by atoms with van der Waals surface area (Å²) < 4.78 is 5.73. The van der Waals surface area contributed by atoms with Crippen molar-refractivity contribution in [1.82, 2.24) is 0 Å². The highest BCUT2D eigenvalue weighted by atomic mass is 16.6. The minimum atomic E-state index is -0.639. The Hall–Kier alpha value is -3.20. The van der Waals surface area contributed by atoms with E-state index >= 15 is 0 Å².